The highest BCUT2D eigenvalue weighted by atomic mass is 79.9. The lowest BCUT2D eigenvalue weighted by Gasteiger charge is -2.09. The summed E-state index contributed by atoms with van der Waals surface area (Å²) in [7, 11) is 0. The fourth-order valence-electron chi connectivity index (χ4n) is 1.95. The van der Waals surface area contributed by atoms with E-state index in [-0.39, 0.29) is 12.1 Å². The van der Waals surface area contributed by atoms with Gasteiger partial charge in [0, 0.05) is 23.2 Å². The highest BCUT2D eigenvalue weighted by molar-refractivity contribution is 9.10. The molecule has 0 amide bonds. The molecule has 4 heteroatoms. The molecule has 0 aromatic heterocycles. The number of rotatable bonds is 5. The molecule has 0 aliphatic heterocycles. The van der Waals surface area contributed by atoms with Crippen LogP contribution in [0.2, 0.25) is 0 Å². The largest absolute Gasteiger partial charge is 0.353 e. The number of benzene rings is 2. The highest BCUT2D eigenvalue weighted by Crippen LogP contribution is 2.21. The second kappa shape index (κ2) is 12.9. The van der Waals surface area contributed by atoms with E-state index in [1.807, 2.05) is 57.2 Å². The average molecular weight is 395 g/mol. The summed E-state index contributed by atoms with van der Waals surface area (Å²) in [6.45, 7) is 14.8. The van der Waals surface area contributed by atoms with Crippen molar-refractivity contribution in [1.29, 1.82) is 0 Å². The van der Waals surface area contributed by atoms with Gasteiger partial charge >= 0.3 is 0 Å². The van der Waals surface area contributed by atoms with Gasteiger partial charge in [-0.15, -0.1) is 13.2 Å². The predicted octanol–water partition coefficient (Wildman–Crippen LogP) is 6.01. The molecule has 3 nitrogen and oxygen atoms in total. The Labute approximate surface area is 153 Å². The van der Waals surface area contributed by atoms with Crippen LogP contribution in [0.1, 0.15) is 38.1 Å². The van der Waals surface area contributed by atoms with Gasteiger partial charge in [-0.1, -0.05) is 34.1 Å². The number of Topliss-reactive ketones (excluding diaryl/α,β-unsaturated/α-hetero) is 1. The lowest BCUT2D eigenvalue weighted by atomic mass is 10.1. The molecule has 0 aliphatic rings. The summed E-state index contributed by atoms with van der Waals surface area (Å²) in [5, 5.41) is 2.24. The molecule has 0 saturated carbocycles. The number of carbonyl (C=O) groups is 1. The molecule has 0 unspecified atom stereocenters. The number of carbonyl (C=O) groups excluding carboxylic acids is 1. The fourth-order valence-corrected chi connectivity index (χ4v) is 2.33. The van der Waals surface area contributed by atoms with Gasteiger partial charge in [0.1, 0.15) is 0 Å². The third-order valence-corrected chi connectivity index (χ3v) is 3.50. The van der Waals surface area contributed by atoms with Gasteiger partial charge in [0.2, 0.25) is 0 Å². The van der Waals surface area contributed by atoms with Crippen molar-refractivity contribution in [2.75, 3.05) is 13.2 Å². The van der Waals surface area contributed by atoms with Crippen molar-refractivity contribution >= 4 is 32.5 Å². The van der Waals surface area contributed by atoms with Crippen LogP contribution in [0.4, 0.5) is 0 Å². The first-order valence-electron chi connectivity index (χ1n) is 7.91. The fraction of sp³-hybridized carbons (Fsp3) is 0.350. The molecule has 24 heavy (non-hydrogen) atoms. The maximum absolute atomic E-state index is 11.1. The summed E-state index contributed by atoms with van der Waals surface area (Å²) in [5.41, 5.74) is 0.764. The molecular formula is C20H27BrO3. The molecule has 0 radical (unpaired) electrons. The Morgan fingerprint density at radius 2 is 1.54 bits per heavy atom. The van der Waals surface area contributed by atoms with Crippen molar-refractivity contribution in [2.45, 2.75) is 34.0 Å². The summed E-state index contributed by atoms with van der Waals surface area (Å²) in [4.78, 5) is 11.1. The average Bonchev–Trinajstić information content (AvgIpc) is 2.57. The van der Waals surface area contributed by atoms with Crippen molar-refractivity contribution in [3.8, 4) is 0 Å². The zero-order valence-electron chi connectivity index (χ0n) is 15.0. The quantitative estimate of drug-likeness (QED) is 0.353. The van der Waals surface area contributed by atoms with E-state index in [9.17, 15) is 4.79 Å². The van der Waals surface area contributed by atoms with Crippen molar-refractivity contribution in [3.05, 3.63) is 59.6 Å². The Balaban J connectivity index is 0.000000456. The number of hydrogen-bond donors (Lipinski definition) is 0. The zero-order chi connectivity index (χ0) is 18.5. The topological polar surface area (TPSA) is 35.5 Å². The van der Waals surface area contributed by atoms with Crippen LogP contribution in [0.3, 0.4) is 0 Å². The summed E-state index contributed by atoms with van der Waals surface area (Å²) in [6, 6.07) is 11.8. The van der Waals surface area contributed by atoms with E-state index < -0.39 is 0 Å². The van der Waals surface area contributed by atoms with Gasteiger partial charge in [0.05, 0.1) is 0 Å². The van der Waals surface area contributed by atoms with Crippen LogP contribution < -0.4 is 0 Å². The molecular weight excluding hydrogens is 368 g/mol. The van der Waals surface area contributed by atoms with Crippen LogP contribution in [-0.2, 0) is 9.47 Å². The molecule has 0 spiro atoms. The van der Waals surface area contributed by atoms with Crippen molar-refractivity contribution in [3.63, 3.8) is 0 Å². The number of hydrogen-bond acceptors (Lipinski definition) is 3. The summed E-state index contributed by atoms with van der Waals surface area (Å²) in [6.07, 6.45) is -0.0370. The van der Waals surface area contributed by atoms with Crippen molar-refractivity contribution < 1.29 is 14.3 Å². The van der Waals surface area contributed by atoms with Crippen LogP contribution in [-0.4, -0.2) is 25.3 Å². The first-order chi connectivity index (χ1) is 11.5. The molecule has 2 aromatic rings. The van der Waals surface area contributed by atoms with Crippen LogP contribution >= 0.6 is 15.9 Å². The van der Waals surface area contributed by atoms with Gasteiger partial charge < -0.3 is 9.47 Å². The molecule has 0 N–H and O–H groups in total. The first kappa shape index (κ1) is 22.5. The van der Waals surface area contributed by atoms with Gasteiger partial charge in [-0.25, -0.2) is 0 Å². The molecule has 2 aromatic carbocycles. The van der Waals surface area contributed by atoms with E-state index in [0.717, 1.165) is 34.0 Å². The maximum Gasteiger partial charge on any atom is 0.159 e. The van der Waals surface area contributed by atoms with E-state index in [1.54, 1.807) is 6.92 Å². The highest BCUT2D eigenvalue weighted by Gasteiger charge is 2.00. The van der Waals surface area contributed by atoms with Crippen LogP contribution in [0.5, 0.6) is 0 Å². The monoisotopic (exact) mass is 394 g/mol. The van der Waals surface area contributed by atoms with Gasteiger partial charge in [-0.2, -0.15) is 0 Å². The Hall–Kier alpha value is -1.49. The zero-order valence-corrected chi connectivity index (χ0v) is 16.6. The third kappa shape index (κ3) is 8.39. The lowest BCUT2D eigenvalue weighted by Crippen LogP contribution is -2.11. The molecule has 2 rings (SSSR count). The third-order valence-electron chi connectivity index (χ3n) is 3.01. The minimum atomic E-state index is -0.0370. The van der Waals surface area contributed by atoms with Gasteiger partial charge in [-0.3, -0.25) is 4.79 Å². The van der Waals surface area contributed by atoms with E-state index in [2.05, 4.69) is 29.1 Å². The molecule has 0 aliphatic carbocycles. The minimum absolute atomic E-state index is 0.0370. The van der Waals surface area contributed by atoms with Crippen LogP contribution in [0.25, 0.3) is 10.8 Å². The number of ketones is 1. The molecule has 0 bridgehead atoms. The maximum atomic E-state index is 11.1. The van der Waals surface area contributed by atoms with Gasteiger partial charge in [-0.05, 0) is 56.7 Å². The first-order valence-corrected chi connectivity index (χ1v) is 8.70. The molecule has 0 atom stereocenters. The summed E-state index contributed by atoms with van der Waals surface area (Å²) in [5.74, 6) is 0.106. The van der Waals surface area contributed by atoms with E-state index in [0.29, 0.717) is 0 Å². The molecule has 0 saturated heterocycles. The van der Waals surface area contributed by atoms with E-state index in [4.69, 9.17) is 9.47 Å². The number of halogens is 1. The van der Waals surface area contributed by atoms with Gasteiger partial charge in [0.15, 0.2) is 12.1 Å². The van der Waals surface area contributed by atoms with E-state index >= 15 is 0 Å². The van der Waals surface area contributed by atoms with E-state index in [1.165, 1.54) is 0 Å². The summed E-state index contributed by atoms with van der Waals surface area (Å²) >= 11 is 3.41. The standard InChI is InChI=1S/C12H9BrO.C6H14O2.C2H4/c1-8(14)9-2-3-11-7-12(13)5-4-10(11)6-9;1-4-7-6(3)8-5-2;1-2/h2-7H,1H3;6H,4-5H2,1-3H3;1-2H2. The van der Waals surface area contributed by atoms with Crippen LogP contribution in [0.15, 0.2) is 54.0 Å². The Morgan fingerprint density at radius 1 is 1.04 bits per heavy atom. The number of fused-ring (bicyclic) bond motifs is 1. The lowest BCUT2D eigenvalue weighted by molar-refractivity contribution is -0.123. The second-order valence-electron chi connectivity index (χ2n) is 4.74. The Morgan fingerprint density at radius 3 is 2.04 bits per heavy atom. The number of ether oxygens (including phenoxy) is 2. The summed E-state index contributed by atoms with van der Waals surface area (Å²) < 4.78 is 11.2. The second-order valence-corrected chi connectivity index (χ2v) is 5.66. The minimum Gasteiger partial charge on any atom is -0.353 e. The molecule has 132 valence electrons. The smallest absolute Gasteiger partial charge is 0.159 e. The molecule has 0 fully saturated rings. The Kier molecular flexibility index (Phi) is 12.1. The Bertz CT molecular complexity index is 619. The predicted molar refractivity (Wildman–Crippen MR) is 106 cm³/mol. The van der Waals surface area contributed by atoms with Crippen molar-refractivity contribution in [2.24, 2.45) is 0 Å². The normalized spacial score (nSPS) is 9.75. The van der Waals surface area contributed by atoms with Crippen molar-refractivity contribution in [1.82, 2.24) is 0 Å². The SMILES string of the molecule is C=C.CC(=O)c1ccc2cc(Br)ccc2c1.CCOC(C)OCC. The van der Waals surface area contributed by atoms with Gasteiger partial charge in [0.25, 0.3) is 0 Å². The molecule has 0 heterocycles. The van der Waals surface area contributed by atoms with Crippen LogP contribution in [0, 0.1) is 0 Å².